The first-order valence-corrected chi connectivity index (χ1v) is 8.46. The van der Waals surface area contributed by atoms with E-state index in [1.807, 2.05) is 36.4 Å². The molecule has 1 aliphatic rings. The van der Waals surface area contributed by atoms with Crippen LogP contribution in [0.3, 0.4) is 0 Å². The van der Waals surface area contributed by atoms with E-state index < -0.39 is 6.04 Å². The summed E-state index contributed by atoms with van der Waals surface area (Å²) in [5.41, 5.74) is 1.53. The summed E-state index contributed by atoms with van der Waals surface area (Å²) >= 11 is 0. The molecule has 2 aromatic rings. The maximum Gasteiger partial charge on any atom is 0.258 e. The summed E-state index contributed by atoms with van der Waals surface area (Å²) in [5, 5.41) is 2.94. The smallest absolute Gasteiger partial charge is 0.258 e. The molecule has 0 bridgehead atoms. The van der Waals surface area contributed by atoms with Gasteiger partial charge in [-0.05, 0) is 30.5 Å². The van der Waals surface area contributed by atoms with Gasteiger partial charge in [-0.3, -0.25) is 9.59 Å². The van der Waals surface area contributed by atoms with E-state index in [0.717, 1.165) is 12.0 Å². The zero-order valence-electron chi connectivity index (χ0n) is 14.3. The van der Waals surface area contributed by atoms with Crippen molar-refractivity contribution in [1.82, 2.24) is 10.2 Å². The number of hydrogen-bond donors (Lipinski definition) is 1. The predicted molar refractivity (Wildman–Crippen MR) is 95.3 cm³/mol. The SMILES string of the molecule is COc1ccccc1C(=O)N1CCC[C@H]1C(=O)NCc1ccccc1. The van der Waals surface area contributed by atoms with Crippen molar-refractivity contribution in [3.8, 4) is 5.75 Å². The first-order valence-electron chi connectivity index (χ1n) is 8.46. The molecule has 0 radical (unpaired) electrons. The normalized spacial score (nSPS) is 16.5. The van der Waals surface area contributed by atoms with Crippen LogP contribution < -0.4 is 10.1 Å². The number of carbonyl (C=O) groups is 2. The van der Waals surface area contributed by atoms with Gasteiger partial charge in [-0.2, -0.15) is 0 Å². The summed E-state index contributed by atoms with van der Waals surface area (Å²) in [6.07, 6.45) is 1.51. The third-order valence-electron chi connectivity index (χ3n) is 4.46. The van der Waals surface area contributed by atoms with E-state index in [-0.39, 0.29) is 11.8 Å². The molecule has 1 aliphatic heterocycles. The lowest BCUT2D eigenvalue weighted by atomic mass is 10.1. The third-order valence-corrected chi connectivity index (χ3v) is 4.46. The molecule has 2 aromatic carbocycles. The molecule has 0 saturated carbocycles. The lowest BCUT2D eigenvalue weighted by molar-refractivity contribution is -0.125. The minimum atomic E-state index is -0.430. The Labute approximate surface area is 147 Å². The maximum atomic E-state index is 12.9. The number of nitrogens with zero attached hydrogens (tertiary/aromatic N) is 1. The van der Waals surface area contributed by atoms with Gasteiger partial charge in [0.15, 0.2) is 0 Å². The number of amides is 2. The van der Waals surface area contributed by atoms with Crippen molar-refractivity contribution in [3.05, 3.63) is 65.7 Å². The second-order valence-corrected chi connectivity index (χ2v) is 6.06. The van der Waals surface area contributed by atoms with Crippen molar-refractivity contribution in [1.29, 1.82) is 0 Å². The van der Waals surface area contributed by atoms with Crippen LogP contribution in [0.25, 0.3) is 0 Å². The van der Waals surface area contributed by atoms with Crippen molar-refractivity contribution in [2.45, 2.75) is 25.4 Å². The molecule has 1 heterocycles. The van der Waals surface area contributed by atoms with Crippen LogP contribution in [0.15, 0.2) is 54.6 Å². The number of rotatable bonds is 5. The van der Waals surface area contributed by atoms with Gasteiger partial charge in [-0.1, -0.05) is 42.5 Å². The summed E-state index contributed by atoms with van der Waals surface area (Å²) in [5.74, 6) is 0.266. The maximum absolute atomic E-state index is 12.9. The monoisotopic (exact) mass is 338 g/mol. The number of likely N-dealkylation sites (tertiary alicyclic amines) is 1. The van der Waals surface area contributed by atoms with Crippen LogP contribution in [0.5, 0.6) is 5.75 Å². The van der Waals surface area contributed by atoms with E-state index in [2.05, 4.69) is 5.32 Å². The minimum absolute atomic E-state index is 0.107. The molecule has 5 nitrogen and oxygen atoms in total. The summed E-state index contributed by atoms with van der Waals surface area (Å²) in [6, 6.07) is 16.4. The fraction of sp³-hybridized carbons (Fsp3) is 0.300. The Morgan fingerprint density at radius 3 is 2.60 bits per heavy atom. The molecular weight excluding hydrogens is 316 g/mol. The topological polar surface area (TPSA) is 58.6 Å². The number of nitrogens with one attached hydrogen (secondary N) is 1. The van der Waals surface area contributed by atoms with Crippen molar-refractivity contribution in [2.75, 3.05) is 13.7 Å². The van der Waals surface area contributed by atoms with E-state index in [1.54, 1.807) is 30.2 Å². The minimum Gasteiger partial charge on any atom is -0.496 e. The lowest BCUT2D eigenvalue weighted by Crippen LogP contribution is -2.45. The van der Waals surface area contributed by atoms with Crippen LogP contribution in [-0.4, -0.2) is 36.4 Å². The summed E-state index contributed by atoms with van der Waals surface area (Å²) in [4.78, 5) is 27.1. The van der Waals surface area contributed by atoms with Gasteiger partial charge in [0, 0.05) is 13.1 Å². The first-order chi connectivity index (χ1) is 12.2. The van der Waals surface area contributed by atoms with Gasteiger partial charge >= 0.3 is 0 Å². The Kier molecular flexibility index (Phi) is 5.33. The highest BCUT2D eigenvalue weighted by Gasteiger charge is 2.35. The fourth-order valence-corrected chi connectivity index (χ4v) is 3.16. The van der Waals surface area contributed by atoms with Gasteiger partial charge < -0.3 is 15.0 Å². The van der Waals surface area contributed by atoms with Gasteiger partial charge in [0.25, 0.3) is 5.91 Å². The molecule has 0 unspecified atom stereocenters. The van der Waals surface area contributed by atoms with E-state index in [0.29, 0.717) is 30.8 Å². The van der Waals surface area contributed by atoms with E-state index in [9.17, 15) is 9.59 Å². The van der Waals surface area contributed by atoms with Crippen molar-refractivity contribution in [3.63, 3.8) is 0 Å². The quantitative estimate of drug-likeness (QED) is 0.912. The van der Waals surface area contributed by atoms with Crippen LogP contribution in [0.2, 0.25) is 0 Å². The van der Waals surface area contributed by atoms with Crippen molar-refractivity contribution in [2.24, 2.45) is 0 Å². The average Bonchev–Trinajstić information content (AvgIpc) is 3.16. The molecule has 2 amide bonds. The Morgan fingerprint density at radius 1 is 1.12 bits per heavy atom. The molecular formula is C20H22N2O3. The molecule has 5 heteroatoms. The zero-order valence-corrected chi connectivity index (χ0v) is 14.3. The Morgan fingerprint density at radius 2 is 1.84 bits per heavy atom. The second kappa shape index (κ2) is 7.83. The van der Waals surface area contributed by atoms with Crippen LogP contribution in [0, 0.1) is 0 Å². The highest BCUT2D eigenvalue weighted by Crippen LogP contribution is 2.25. The van der Waals surface area contributed by atoms with E-state index in [1.165, 1.54) is 0 Å². The van der Waals surface area contributed by atoms with Gasteiger partial charge in [-0.25, -0.2) is 0 Å². The second-order valence-electron chi connectivity index (χ2n) is 6.06. The average molecular weight is 338 g/mol. The Hall–Kier alpha value is -2.82. The van der Waals surface area contributed by atoms with Crippen LogP contribution in [0.1, 0.15) is 28.8 Å². The fourth-order valence-electron chi connectivity index (χ4n) is 3.16. The predicted octanol–water partition coefficient (Wildman–Crippen LogP) is 2.62. The third kappa shape index (κ3) is 3.82. The molecule has 130 valence electrons. The van der Waals surface area contributed by atoms with Crippen molar-refractivity contribution < 1.29 is 14.3 Å². The van der Waals surface area contributed by atoms with Gasteiger partial charge in [-0.15, -0.1) is 0 Å². The largest absolute Gasteiger partial charge is 0.496 e. The number of hydrogen-bond acceptors (Lipinski definition) is 3. The zero-order chi connectivity index (χ0) is 17.6. The Bertz CT molecular complexity index is 746. The highest BCUT2D eigenvalue weighted by atomic mass is 16.5. The number of carbonyl (C=O) groups excluding carboxylic acids is 2. The number of ether oxygens (including phenoxy) is 1. The van der Waals surface area contributed by atoms with Crippen LogP contribution >= 0.6 is 0 Å². The van der Waals surface area contributed by atoms with Gasteiger partial charge in [0.05, 0.1) is 12.7 Å². The van der Waals surface area contributed by atoms with Gasteiger partial charge in [0.2, 0.25) is 5.91 Å². The van der Waals surface area contributed by atoms with E-state index in [4.69, 9.17) is 4.74 Å². The molecule has 0 aliphatic carbocycles. The number of benzene rings is 2. The molecule has 3 rings (SSSR count). The molecule has 1 saturated heterocycles. The molecule has 1 atom stereocenters. The summed E-state index contributed by atoms with van der Waals surface area (Å²) in [6.45, 7) is 1.05. The van der Waals surface area contributed by atoms with Crippen LogP contribution in [0.4, 0.5) is 0 Å². The molecule has 1 fully saturated rings. The molecule has 0 spiro atoms. The van der Waals surface area contributed by atoms with Gasteiger partial charge in [0.1, 0.15) is 11.8 Å². The molecule has 1 N–H and O–H groups in total. The van der Waals surface area contributed by atoms with Crippen molar-refractivity contribution >= 4 is 11.8 Å². The number of para-hydroxylation sites is 1. The summed E-state index contributed by atoms with van der Waals surface area (Å²) < 4.78 is 5.28. The highest BCUT2D eigenvalue weighted by molar-refractivity contribution is 6.00. The Balaban J connectivity index is 1.69. The standard InChI is InChI=1S/C20H22N2O3/c1-25-18-12-6-5-10-16(18)20(24)22-13-7-11-17(22)19(23)21-14-15-8-3-2-4-9-15/h2-6,8-10,12,17H,7,11,13-14H2,1H3,(H,21,23)/t17-/m0/s1. The number of methoxy groups -OCH3 is 1. The summed E-state index contributed by atoms with van der Waals surface area (Å²) in [7, 11) is 1.54. The molecule has 25 heavy (non-hydrogen) atoms. The molecule has 0 aromatic heterocycles. The van der Waals surface area contributed by atoms with Crippen LogP contribution in [-0.2, 0) is 11.3 Å². The van der Waals surface area contributed by atoms with E-state index >= 15 is 0 Å². The lowest BCUT2D eigenvalue weighted by Gasteiger charge is -2.24. The first kappa shape index (κ1) is 17.0.